The van der Waals surface area contributed by atoms with Gasteiger partial charge in [0.05, 0.1) is 18.5 Å². The lowest BCUT2D eigenvalue weighted by molar-refractivity contribution is -0.139. The Morgan fingerprint density at radius 2 is 1.96 bits per heavy atom. The van der Waals surface area contributed by atoms with Crippen LogP contribution in [-0.4, -0.2) is 65.7 Å². The van der Waals surface area contributed by atoms with Gasteiger partial charge in [0.15, 0.2) is 0 Å². The maximum atomic E-state index is 12.5. The molecule has 24 heavy (non-hydrogen) atoms. The number of hydrogen-bond acceptors (Lipinski definition) is 5. The molecule has 0 aliphatic carbocycles. The zero-order chi connectivity index (χ0) is 17.5. The molecule has 0 aromatic rings. The van der Waals surface area contributed by atoms with Gasteiger partial charge in [0.2, 0.25) is 11.8 Å². The van der Waals surface area contributed by atoms with Crippen molar-refractivity contribution in [2.24, 2.45) is 0 Å². The van der Waals surface area contributed by atoms with Gasteiger partial charge in [0, 0.05) is 12.6 Å². The van der Waals surface area contributed by atoms with Crippen LogP contribution in [0.5, 0.6) is 0 Å². The summed E-state index contributed by atoms with van der Waals surface area (Å²) in [6.45, 7) is 6.55. The highest BCUT2D eigenvalue weighted by Gasteiger charge is 2.44. The van der Waals surface area contributed by atoms with Crippen molar-refractivity contribution in [3.63, 3.8) is 0 Å². The minimum Gasteiger partial charge on any atom is -0.315 e. The van der Waals surface area contributed by atoms with Gasteiger partial charge in [-0.3, -0.25) is 19.4 Å². The Morgan fingerprint density at radius 3 is 2.67 bits per heavy atom. The number of carbonyl (C=O) groups is 3. The number of nitrogens with one attached hydrogen (secondary N) is 1. The van der Waals surface area contributed by atoms with E-state index in [4.69, 9.17) is 0 Å². The summed E-state index contributed by atoms with van der Waals surface area (Å²) in [6.07, 6.45) is 7.00. The first-order chi connectivity index (χ1) is 11.5. The number of amides is 2. The van der Waals surface area contributed by atoms with Crippen molar-refractivity contribution in [2.75, 3.05) is 19.6 Å². The summed E-state index contributed by atoms with van der Waals surface area (Å²) in [7, 11) is 0. The molecule has 2 aliphatic heterocycles. The number of rotatable bonds is 10. The second-order valence-electron chi connectivity index (χ2n) is 7.21. The van der Waals surface area contributed by atoms with Crippen LogP contribution in [0.25, 0.3) is 0 Å². The molecule has 0 saturated carbocycles. The molecule has 1 N–H and O–H groups in total. The van der Waals surface area contributed by atoms with Gasteiger partial charge >= 0.3 is 0 Å². The number of likely N-dealkylation sites (tertiary alicyclic amines) is 2. The van der Waals surface area contributed by atoms with Crippen LogP contribution in [0.3, 0.4) is 0 Å². The predicted molar refractivity (Wildman–Crippen MR) is 92.5 cm³/mol. The lowest BCUT2D eigenvalue weighted by atomic mass is 10.1. The Morgan fingerprint density at radius 1 is 1.21 bits per heavy atom. The third-order valence-corrected chi connectivity index (χ3v) is 4.98. The third-order valence-electron chi connectivity index (χ3n) is 4.98. The molecule has 1 unspecified atom stereocenters. The van der Waals surface area contributed by atoms with Crippen LogP contribution in [0.1, 0.15) is 58.8 Å². The van der Waals surface area contributed by atoms with Crippen molar-refractivity contribution in [1.82, 2.24) is 15.1 Å². The summed E-state index contributed by atoms with van der Waals surface area (Å²) >= 11 is 0. The van der Waals surface area contributed by atoms with E-state index in [-0.39, 0.29) is 24.3 Å². The normalized spacial score (nSPS) is 25.2. The van der Waals surface area contributed by atoms with Gasteiger partial charge in [-0.1, -0.05) is 26.7 Å². The number of imide groups is 1. The van der Waals surface area contributed by atoms with E-state index in [0.717, 1.165) is 57.9 Å². The molecule has 136 valence electrons. The SMILES string of the molecule is CC(C)NCCCCCCN1C(=O)CC(N2CCC[C@H]2C=O)C1=O. The molecule has 2 amide bonds. The summed E-state index contributed by atoms with van der Waals surface area (Å²) in [5, 5.41) is 3.39. The van der Waals surface area contributed by atoms with Gasteiger partial charge in [0.25, 0.3) is 0 Å². The van der Waals surface area contributed by atoms with Gasteiger partial charge < -0.3 is 10.1 Å². The molecule has 6 nitrogen and oxygen atoms in total. The molecular formula is C18H31N3O3. The lowest BCUT2D eigenvalue weighted by Gasteiger charge is -2.25. The van der Waals surface area contributed by atoms with Crippen LogP contribution in [0.15, 0.2) is 0 Å². The highest BCUT2D eigenvalue weighted by atomic mass is 16.2. The number of unbranched alkanes of at least 4 members (excludes halogenated alkanes) is 3. The quantitative estimate of drug-likeness (QED) is 0.370. The van der Waals surface area contributed by atoms with E-state index in [2.05, 4.69) is 19.2 Å². The zero-order valence-corrected chi connectivity index (χ0v) is 15.0. The number of aldehydes is 1. The van der Waals surface area contributed by atoms with Gasteiger partial charge in [-0.2, -0.15) is 0 Å². The van der Waals surface area contributed by atoms with Crippen LogP contribution in [-0.2, 0) is 14.4 Å². The van der Waals surface area contributed by atoms with Gasteiger partial charge in [0.1, 0.15) is 6.29 Å². The smallest absolute Gasteiger partial charge is 0.247 e. The van der Waals surface area contributed by atoms with Crippen molar-refractivity contribution in [3.8, 4) is 0 Å². The molecule has 2 atom stereocenters. The van der Waals surface area contributed by atoms with Crippen molar-refractivity contribution >= 4 is 18.1 Å². The van der Waals surface area contributed by atoms with Crippen LogP contribution in [0, 0.1) is 0 Å². The van der Waals surface area contributed by atoms with E-state index < -0.39 is 6.04 Å². The summed E-state index contributed by atoms with van der Waals surface area (Å²) in [4.78, 5) is 39.2. The van der Waals surface area contributed by atoms with E-state index in [9.17, 15) is 14.4 Å². The first kappa shape index (κ1) is 19.1. The number of nitrogens with zero attached hydrogens (tertiary/aromatic N) is 2. The Labute approximate surface area is 144 Å². The lowest BCUT2D eigenvalue weighted by Crippen LogP contribution is -2.45. The zero-order valence-electron chi connectivity index (χ0n) is 15.0. The second kappa shape index (κ2) is 9.28. The molecule has 2 heterocycles. The highest BCUT2D eigenvalue weighted by Crippen LogP contribution is 2.26. The monoisotopic (exact) mass is 337 g/mol. The van der Waals surface area contributed by atoms with E-state index >= 15 is 0 Å². The van der Waals surface area contributed by atoms with Crippen LogP contribution < -0.4 is 5.32 Å². The first-order valence-corrected chi connectivity index (χ1v) is 9.33. The minimum atomic E-state index is -0.412. The Balaban J connectivity index is 1.71. The average molecular weight is 337 g/mol. The summed E-state index contributed by atoms with van der Waals surface area (Å²) in [5.74, 6) is -0.182. The van der Waals surface area contributed by atoms with E-state index in [1.54, 1.807) is 0 Å². The van der Waals surface area contributed by atoms with E-state index in [0.29, 0.717) is 12.6 Å². The standard InChI is InChI=1S/C18H31N3O3/c1-14(2)19-9-5-3-4-6-10-21-17(23)12-16(18(21)24)20-11-7-8-15(20)13-22/h13-16,19H,3-12H2,1-2H3/t15-,16?/m0/s1. The van der Waals surface area contributed by atoms with Crippen LogP contribution in [0.2, 0.25) is 0 Å². The summed E-state index contributed by atoms with van der Waals surface area (Å²) in [6, 6.07) is -0.0897. The van der Waals surface area contributed by atoms with Crippen molar-refractivity contribution in [3.05, 3.63) is 0 Å². The second-order valence-corrected chi connectivity index (χ2v) is 7.21. The van der Waals surface area contributed by atoms with Gasteiger partial charge in [-0.25, -0.2) is 0 Å². The Bertz CT molecular complexity index is 453. The van der Waals surface area contributed by atoms with Crippen LogP contribution >= 0.6 is 0 Å². The molecule has 2 aliphatic rings. The largest absolute Gasteiger partial charge is 0.315 e. The van der Waals surface area contributed by atoms with Crippen molar-refractivity contribution in [1.29, 1.82) is 0 Å². The fraction of sp³-hybridized carbons (Fsp3) is 0.833. The molecule has 2 rings (SSSR count). The number of hydrogen-bond donors (Lipinski definition) is 1. The van der Waals surface area contributed by atoms with E-state index in [1.165, 1.54) is 4.90 Å². The number of carbonyl (C=O) groups excluding carboxylic acids is 3. The minimum absolute atomic E-state index is 0.0805. The molecule has 0 aromatic heterocycles. The molecule has 6 heteroatoms. The van der Waals surface area contributed by atoms with E-state index in [1.807, 2.05) is 4.90 Å². The van der Waals surface area contributed by atoms with Crippen LogP contribution in [0.4, 0.5) is 0 Å². The molecule has 2 fully saturated rings. The molecule has 0 aromatic carbocycles. The predicted octanol–water partition coefficient (Wildman–Crippen LogP) is 1.34. The summed E-state index contributed by atoms with van der Waals surface area (Å²) < 4.78 is 0. The topological polar surface area (TPSA) is 69.7 Å². The van der Waals surface area contributed by atoms with Crippen molar-refractivity contribution < 1.29 is 14.4 Å². The molecule has 0 radical (unpaired) electrons. The Hall–Kier alpha value is -1.27. The van der Waals surface area contributed by atoms with Crippen molar-refractivity contribution in [2.45, 2.75) is 76.9 Å². The molecule has 2 saturated heterocycles. The van der Waals surface area contributed by atoms with Gasteiger partial charge in [-0.15, -0.1) is 0 Å². The maximum absolute atomic E-state index is 12.5. The van der Waals surface area contributed by atoms with Gasteiger partial charge in [-0.05, 0) is 38.8 Å². The highest BCUT2D eigenvalue weighted by molar-refractivity contribution is 6.05. The summed E-state index contributed by atoms with van der Waals surface area (Å²) in [5.41, 5.74) is 0. The fourth-order valence-corrected chi connectivity index (χ4v) is 3.65. The molecule has 0 bridgehead atoms. The fourth-order valence-electron chi connectivity index (χ4n) is 3.65. The Kier molecular flexibility index (Phi) is 7.37. The first-order valence-electron chi connectivity index (χ1n) is 9.33. The maximum Gasteiger partial charge on any atom is 0.247 e. The average Bonchev–Trinajstić information content (AvgIpc) is 3.11. The molecular weight excluding hydrogens is 306 g/mol. The molecule has 0 spiro atoms. The third kappa shape index (κ3) is 4.86.